The molecule has 0 aromatic heterocycles. The first kappa shape index (κ1) is 16.9. The van der Waals surface area contributed by atoms with Crippen molar-refractivity contribution in [3.8, 4) is 0 Å². The number of thioether (sulfide) groups is 2. The maximum Gasteiger partial charge on any atom is 0.251 e. The van der Waals surface area contributed by atoms with Crippen LogP contribution in [0.4, 0.5) is 5.69 Å². The van der Waals surface area contributed by atoms with Crippen molar-refractivity contribution in [1.82, 2.24) is 5.32 Å². The molecule has 0 radical (unpaired) electrons. The minimum Gasteiger partial charge on any atom is -0.399 e. The SMILES string of the molecule is Nc1ccc2c(c1)CCCC2NC(=O)c1ccc(C2SCCS2)cc1. The highest BCUT2D eigenvalue weighted by Gasteiger charge is 2.23. The minimum atomic E-state index is 0.00736. The normalized spacial score (nSPS) is 20.2. The molecule has 1 aliphatic heterocycles. The number of benzene rings is 2. The van der Waals surface area contributed by atoms with Crippen LogP contribution in [0.5, 0.6) is 0 Å². The van der Waals surface area contributed by atoms with E-state index in [1.54, 1.807) is 0 Å². The Morgan fingerprint density at radius 1 is 1.08 bits per heavy atom. The molecule has 1 aliphatic carbocycles. The van der Waals surface area contributed by atoms with Crippen LogP contribution in [0.1, 0.15) is 50.5 Å². The number of rotatable bonds is 3. The van der Waals surface area contributed by atoms with E-state index >= 15 is 0 Å². The lowest BCUT2D eigenvalue weighted by Crippen LogP contribution is -2.31. The van der Waals surface area contributed by atoms with Gasteiger partial charge in [0.25, 0.3) is 5.91 Å². The second kappa shape index (κ2) is 7.34. The van der Waals surface area contributed by atoms with E-state index in [9.17, 15) is 4.79 Å². The molecular formula is C20H22N2OS2. The number of anilines is 1. The third-order valence-corrected chi connectivity index (χ3v) is 7.96. The fourth-order valence-electron chi connectivity index (χ4n) is 3.57. The smallest absolute Gasteiger partial charge is 0.251 e. The average Bonchev–Trinajstić information content (AvgIpc) is 3.16. The Labute approximate surface area is 157 Å². The highest BCUT2D eigenvalue weighted by molar-refractivity contribution is 8.19. The molecule has 1 atom stereocenters. The lowest BCUT2D eigenvalue weighted by molar-refractivity contribution is 0.0933. The van der Waals surface area contributed by atoms with Gasteiger partial charge in [-0.3, -0.25) is 4.79 Å². The van der Waals surface area contributed by atoms with Crippen molar-refractivity contribution < 1.29 is 4.79 Å². The average molecular weight is 371 g/mol. The number of nitrogens with two attached hydrogens (primary N) is 1. The van der Waals surface area contributed by atoms with Crippen LogP contribution in [0.2, 0.25) is 0 Å². The molecule has 25 heavy (non-hydrogen) atoms. The molecule has 3 N–H and O–H groups in total. The van der Waals surface area contributed by atoms with E-state index in [1.807, 2.05) is 47.8 Å². The molecule has 0 saturated carbocycles. The quantitative estimate of drug-likeness (QED) is 0.778. The Morgan fingerprint density at radius 2 is 1.84 bits per heavy atom. The maximum atomic E-state index is 12.7. The number of aryl methyl sites for hydroxylation is 1. The van der Waals surface area contributed by atoms with Crippen LogP contribution >= 0.6 is 23.5 Å². The lowest BCUT2D eigenvalue weighted by Gasteiger charge is -2.26. The van der Waals surface area contributed by atoms with Crippen LogP contribution in [0, 0.1) is 0 Å². The molecule has 1 saturated heterocycles. The number of carbonyl (C=O) groups is 1. The third-order valence-electron chi connectivity index (χ3n) is 4.85. The third kappa shape index (κ3) is 3.67. The number of nitrogen functional groups attached to an aromatic ring is 1. The van der Waals surface area contributed by atoms with E-state index in [-0.39, 0.29) is 11.9 Å². The summed E-state index contributed by atoms with van der Waals surface area (Å²) < 4.78 is 0.521. The number of fused-ring (bicyclic) bond motifs is 1. The summed E-state index contributed by atoms with van der Waals surface area (Å²) in [4.78, 5) is 12.7. The Hall–Kier alpha value is -1.59. The van der Waals surface area contributed by atoms with E-state index in [0.717, 1.165) is 30.5 Å². The zero-order chi connectivity index (χ0) is 17.2. The predicted molar refractivity (Wildman–Crippen MR) is 108 cm³/mol. The van der Waals surface area contributed by atoms with Crippen LogP contribution in [-0.4, -0.2) is 17.4 Å². The molecular weight excluding hydrogens is 348 g/mol. The highest BCUT2D eigenvalue weighted by Crippen LogP contribution is 2.45. The number of hydrogen-bond acceptors (Lipinski definition) is 4. The monoisotopic (exact) mass is 370 g/mol. The van der Waals surface area contributed by atoms with Crippen LogP contribution < -0.4 is 11.1 Å². The van der Waals surface area contributed by atoms with Gasteiger partial charge in [-0.15, -0.1) is 23.5 Å². The molecule has 0 bridgehead atoms. The standard InChI is InChI=1S/C20H22N2OS2/c21-16-8-9-17-15(12-16)2-1-3-18(17)22-19(23)13-4-6-14(7-5-13)20-24-10-11-25-20/h4-9,12,18,20H,1-3,10-11,21H2,(H,22,23). The van der Waals surface area contributed by atoms with Crippen LogP contribution in [0.3, 0.4) is 0 Å². The molecule has 130 valence electrons. The van der Waals surface area contributed by atoms with E-state index < -0.39 is 0 Å². The number of nitrogens with one attached hydrogen (secondary N) is 1. The molecule has 4 rings (SSSR count). The van der Waals surface area contributed by atoms with Gasteiger partial charge in [-0.2, -0.15) is 0 Å². The lowest BCUT2D eigenvalue weighted by atomic mass is 9.87. The highest BCUT2D eigenvalue weighted by atomic mass is 32.2. The zero-order valence-electron chi connectivity index (χ0n) is 14.0. The molecule has 1 heterocycles. The fourth-order valence-corrected chi connectivity index (χ4v) is 6.43. The summed E-state index contributed by atoms with van der Waals surface area (Å²) >= 11 is 3.97. The Kier molecular flexibility index (Phi) is 4.95. The van der Waals surface area contributed by atoms with Gasteiger partial charge in [0.1, 0.15) is 0 Å². The summed E-state index contributed by atoms with van der Waals surface area (Å²) in [5.74, 6) is 2.43. The summed E-state index contributed by atoms with van der Waals surface area (Å²) in [6.07, 6.45) is 3.10. The van der Waals surface area contributed by atoms with Crippen molar-refractivity contribution in [3.05, 3.63) is 64.7 Å². The Morgan fingerprint density at radius 3 is 2.60 bits per heavy atom. The van der Waals surface area contributed by atoms with Gasteiger partial charge < -0.3 is 11.1 Å². The summed E-state index contributed by atoms with van der Waals surface area (Å²) in [6.45, 7) is 0. The number of amides is 1. The van der Waals surface area contributed by atoms with Crippen LogP contribution in [-0.2, 0) is 6.42 Å². The van der Waals surface area contributed by atoms with Crippen molar-refractivity contribution in [1.29, 1.82) is 0 Å². The largest absolute Gasteiger partial charge is 0.399 e. The summed E-state index contributed by atoms with van der Waals surface area (Å²) in [5.41, 5.74) is 11.2. The van der Waals surface area contributed by atoms with Crippen molar-refractivity contribution >= 4 is 35.1 Å². The second-order valence-electron chi connectivity index (χ2n) is 6.57. The van der Waals surface area contributed by atoms with E-state index in [4.69, 9.17) is 5.73 Å². The van der Waals surface area contributed by atoms with Gasteiger partial charge in [0, 0.05) is 22.8 Å². The van der Waals surface area contributed by atoms with Gasteiger partial charge in [0.15, 0.2) is 0 Å². The first-order chi connectivity index (χ1) is 12.2. The van der Waals surface area contributed by atoms with Gasteiger partial charge in [-0.25, -0.2) is 0 Å². The summed E-state index contributed by atoms with van der Waals surface area (Å²) in [7, 11) is 0. The molecule has 1 fully saturated rings. The van der Waals surface area contributed by atoms with Crippen molar-refractivity contribution in [2.24, 2.45) is 0 Å². The summed E-state index contributed by atoms with van der Waals surface area (Å²) in [6, 6.07) is 14.2. The van der Waals surface area contributed by atoms with Gasteiger partial charge in [-0.05, 0) is 60.2 Å². The maximum absolute atomic E-state index is 12.7. The molecule has 2 aromatic rings. The van der Waals surface area contributed by atoms with E-state index in [1.165, 1.54) is 28.2 Å². The Balaban J connectivity index is 1.47. The van der Waals surface area contributed by atoms with E-state index in [2.05, 4.69) is 23.5 Å². The van der Waals surface area contributed by atoms with Crippen LogP contribution in [0.15, 0.2) is 42.5 Å². The van der Waals surface area contributed by atoms with Crippen molar-refractivity contribution in [2.75, 3.05) is 17.2 Å². The summed E-state index contributed by atoms with van der Waals surface area (Å²) in [5, 5.41) is 3.21. The van der Waals surface area contributed by atoms with Gasteiger partial charge >= 0.3 is 0 Å². The fraction of sp³-hybridized carbons (Fsp3) is 0.350. The van der Waals surface area contributed by atoms with Gasteiger partial charge in [-0.1, -0.05) is 18.2 Å². The molecule has 3 nitrogen and oxygen atoms in total. The zero-order valence-corrected chi connectivity index (χ0v) is 15.7. The predicted octanol–water partition coefficient (Wildman–Crippen LogP) is 4.55. The molecule has 5 heteroatoms. The minimum absolute atomic E-state index is 0.00736. The molecule has 0 spiro atoms. The topological polar surface area (TPSA) is 55.1 Å². The number of hydrogen-bond donors (Lipinski definition) is 2. The number of carbonyl (C=O) groups excluding carboxylic acids is 1. The molecule has 2 aromatic carbocycles. The van der Waals surface area contributed by atoms with Gasteiger partial charge in [0.2, 0.25) is 0 Å². The molecule has 1 unspecified atom stereocenters. The molecule has 2 aliphatic rings. The van der Waals surface area contributed by atoms with Crippen LogP contribution in [0.25, 0.3) is 0 Å². The first-order valence-corrected chi connectivity index (χ1v) is 10.8. The van der Waals surface area contributed by atoms with Gasteiger partial charge in [0.05, 0.1) is 10.6 Å². The Bertz CT molecular complexity index is 770. The molecule has 1 amide bonds. The van der Waals surface area contributed by atoms with Crippen molar-refractivity contribution in [3.63, 3.8) is 0 Å². The van der Waals surface area contributed by atoms with E-state index in [0.29, 0.717) is 4.58 Å². The second-order valence-corrected chi connectivity index (χ2v) is 9.30. The first-order valence-electron chi connectivity index (χ1n) is 8.73. The van der Waals surface area contributed by atoms with Crippen molar-refractivity contribution in [2.45, 2.75) is 29.9 Å².